The van der Waals surface area contributed by atoms with Crippen LogP contribution in [0.25, 0.3) is 0 Å². The van der Waals surface area contributed by atoms with Gasteiger partial charge in [0.25, 0.3) is 0 Å². The van der Waals surface area contributed by atoms with Crippen LogP contribution in [0.2, 0.25) is 0 Å². The Morgan fingerprint density at radius 3 is 1.73 bits per heavy atom. The molecule has 0 fully saturated rings. The Bertz CT molecular complexity index is 585. The number of nitrogens with two attached hydrogens (primary N) is 1. The molecule has 0 saturated carbocycles. The molecule has 2 rings (SSSR count). The van der Waals surface area contributed by atoms with E-state index in [-0.39, 0.29) is 38.2 Å². The van der Waals surface area contributed by atoms with Gasteiger partial charge in [0.1, 0.15) is 0 Å². The van der Waals surface area contributed by atoms with Gasteiger partial charge in [-0.1, -0.05) is 30.3 Å². The van der Waals surface area contributed by atoms with Crippen LogP contribution >= 0.6 is 0 Å². The summed E-state index contributed by atoms with van der Waals surface area (Å²) < 4.78 is 0. The van der Waals surface area contributed by atoms with E-state index in [1.54, 1.807) is 6.20 Å². The van der Waals surface area contributed by atoms with Gasteiger partial charge in [0.2, 0.25) is 0 Å². The Morgan fingerprint density at radius 2 is 1.45 bits per heavy atom. The van der Waals surface area contributed by atoms with Crippen molar-refractivity contribution in [2.75, 3.05) is 0 Å². The minimum absolute atomic E-state index is 0. The molecule has 7 heteroatoms. The molecule has 1 aromatic heterocycles. The summed E-state index contributed by atoms with van der Waals surface area (Å²) in [4.78, 5) is 24.7. The molecule has 0 aliphatic rings. The summed E-state index contributed by atoms with van der Waals surface area (Å²) in [5.41, 5.74) is 5.77. The van der Waals surface area contributed by atoms with Crippen LogP contribution in [0.3, 0.4) is 0 Å². The van der Waals surface area contributed by atoms with Crippen LogP contribution in [0, 0.1) is 0 Å². The second-order valence-electron chi connectivity index (χ2n) is 4.16. The predicted molar refractivity (Wildman–Crippen MR) is 71.9 cm³/mol. The molecule has 1 heterocycles. The van der Waals surface area contributed by atoms with Crippen molar-refractivity contribution in [3.63, 3.8) is 0 Å². The van der Waals surface area contributed by atoms with Crippen molar-refractivity contribution in [3.8, 4) is 0 Å². The number of carboxylic acids is 2. The average Bonchev–Trinajstić information content (AvgIpc) is 2.48. The fourth-order valence-corrected chi connectivity index (χ4v) is 1.48. The predicted octanol–water partition coefficient (Wildman–Crippen LogP) is -0.488. The van der Waals surface area contributed by atoms with E-state index in [0.717, 1.165) is 17.8 Å². The fraction of sp³-hybridized carbons (Fsp3) is 0.133. The molecule has 6 nitrogen and oxygen atoms in total. The summed E-state index contributed by atoms with van der Waals surface area (Å²) in [5.74, 6) is -3.04. The molecule has 1 aromatic carbocycles. The van der Waals surface area contributed by atoms with Gasteiger partial charge in [0.05, 0.1) is 17.6 Å². The molecular weight excluding hydrogens is 467 g/mol. The van der Waals surface area contributed by atoms with E-state index in [2.05, 4.69) is 4.98 Å². The summed E-state index contributed by atoms with van der Waals surface area (Å²) in [6.07, 6.45) is 1.75. The summed E-state index contributed by atoms with van der Waals surface area (Å²) in [7, 11) is 0. The van der Waals surface area contributed by atoms with Crippen molar-refractivity contribution < 1.29 is 40.9 Å². The first-order valence-corrected chi connectivity index (χ1v) is 6.11. The van der Waals surface area contributed by atoms with Crippen LogP contribution in [0.1, 0.15) is 39.4 Å². The quantitative estimate of drug-likeness (QED) is 0.632. The molecule has 0 radical (unpaired) electrons. The number of nitrogens with zero attached hydrogens (tertiary/aromatic N) is 1. The Morgan fingerprint density at radius 1 is 1.00 bits per heavy atom. The van der Waals surface area contributed by atoms with Gasteiger partial charge < -0.3 is 25.5 Å². The Labute approximate surface area is 142 Å². The molecule has 0 aliphatic carbocycles. The summed E-state index contributed by atoms with van der Waals surface area (Å²) in [6.45, 7) is 1.92. The number of aromatic carboxylic acids is 2. The molecule has 118 valence electrons. The third-order valence-electron chi connectivity index (χ3n) is 2.52. The minimum Gasteiger partial charge on any atom is -0.545 e. The van der Waals surface area contributed by atoms with Gasteiger partial charge in [-0.25, -0.2) is 0 Å². The average molecular weight is 481 g/mol. The molecule has 0 saturated heterocycles. The number of aromatic nitrogens is 1. The number of benzene rings is 1. The molecule has 22 heavy (non-hydrogen) atoms. The largest absolute Gasteiger partial charge is 2.00 e. The molecule has 0 bridgehead atoms. The third kappa shape index (κ3) is 6.16. The van der Waals surface area contributed by atoms with Crippen molar-refractivity contribution in [2.24, 2.45) is 5.73 Å². The first kappa shape index (κ1) is 20.0. The van der Waals surface area contributed by atoms with E-state index in [0.29, 0.717) is 0 Å². The van der Waals surface area contributed by atoms with Gasteiger partial charge in [-0.2, -0.15) is 0 Å². The maximum absolute atomic E-state index is 10.3. The number of rotatable bonds is 3. The van der Waals surface area contributed by atoms with Gasteiger partial charge in [-0.15, -0.1) is 0 Å². The van der Waals surface area contributed by atoms with E-state index in [1.807, 2.05) is 25.1 Å². The minimum atomic E-state index is -1.52. The van der Waals surface area contributed by atoms with E-state index in [1.165, 1.54) is 12.1 Å². The second kappa shape index (κ2) is 9.82. The van der Waals surface area contributed by atoms with Crippen LogP contribution < -0.4 is 15.9 Å². The topological polar surface area (TPSA) is 119 Å². The van der Waals surface area contributed by atoms with Gasteiger partial charge in [0.15, 0.2) is 0 Å². The molecule has 0 aliphatic heterocycles. The molecule has 0 spiro atoms. The van der Waals surface area contributed by atoms with Gasteiger partial charge >= 0.3 is 21.1 Å². The van der Waals surface area contributed by atoms with Crippen LogP contribution in [0.5, 0.6) is 0 Å². The zero-order valence-electron chi connectivity index (χ0n) is 11.7. The van der Waals surface area contributed by atoms with Crippen LogP contribution in [-0.4, -0.2) is 16.9 Å². The Balaban J connectivity index is 0.000000397. The Kier molecular flexibility index (Phi) is 8.90. The maximum Gasteiger partial charge on any atom is 2.00 e. The number of pyridine rings is 1. The van der Waals surface area contributed by atoms with E-state index in [9.17, 15) is 19.8 Å². The van der Waals surface area contributed by atoms with Crippen LogP contribution in [0.15, 0.2) is 48.7 Å². The summed E-state index contributed by atoms with van der Waals surface area (Å²) >= 11 is 0. The van der Waals surface area contributed by atoms with Gasteiger partial charge in [-0.3, -0.25) is 4.98 Å². The normalized spacial score (nSPS) is 10.5. The van der Waals surface area contributed by atoms with E-state index >= 15 is 0 Å². The Hall–Kier alpha value is -2.04. The standard InChI is InChI=1S/C8H6O4.C7H10N2.Pt/c9-7(10)5-3-1-2-4-6(5)8(11)12;1-6(8)7-4-2-3-5-9-7;/h1-4H,(H,9,10)(H,11,12);2-6H,8H2,1H3;/q;;+2/p-2. The number of hydrogen-bond donors (Lipinski definition) is 1. The summed E-state index contributed by atoms with van der Waals surface area (Å²) in [6, 6.07) is 10.9. The fourth-order valence-electron chi connectivity index (χ4n) is 1.48. The van der Waals surface area contributed by atoms with Crippen molar-refractivity contribution in [1.82, 2.24) is 4.98 Å². The number of carbonyl (C=O) groups is 2. The second-order valence-corrected chi connectivity index (χ2v) is 4.16. The molecule has 2 N–H and O–H groups in total. The zero-order valence-corrected chi connectivity index (χ0v) is 13.9. The number of carboxylic acid groups (broad SMARTS) is 2. The van der Waals surface area contributed by atoms with Crippen molar-refractivity contribution in [3.05, 3.63) is 65.5 Å². The van der Waals surface area contributed by atoms with E-state index < -0.39 is 11.9 Å². The van der Waals surface area contributed by atoms with Crippen LogP contribution in [0.4, 0.5) is 0 Å². The number of hydrogen-bond acceptors (Lipinski definition) is 6. The smallest absolute Gasteiger partial charge is 0.545 e. The van der Waals surface area contributed by atoms with Gasteiger partial charge in [0, 0.05) is 23.4 Å². The third-order valence-corrected chi connectivity index (χ3v) is 2.52. The van der Waals surface area contributed by atoms with Crippen molar-refractivity contribution in [2.45, 2.75) is 13.0 Å². The molecule has 0 amide bonds. The van der Waals surface area contributed by atoms with Gasteiger partial charge in [-0.05, 0) is 19.1 Å². The first-order valence-electron chi connectivity index (χ1n) is 6.11. The first-order chi connectivity index (χ1) is 9.93. The van der Waals surface area contributed by atoms with E-state index in [4.69, 9.17) is 5.73 Å². The molecular formula is C15H14N2O4Pt. The SMILES string of the molecule is CC(N)c1ccccn1.O=C([O-])c1ccccc1C(=O)[O-].[Pt+2]. The van der Waals surface area contributed by atoms with Crippen molar-refractivity contribution in [1.29, 1.82) is 0 Å². The molecule has 1 unspecified atom stereocenters. The monoisotopic (exact) mass is 481 g/mol. The maximum atomic E-state index is 10.3. The summed E-state index contributed by atoms with van der Waals surface area (Å²) in [5, 5.41) is 20.6. The van der Waals surface area contributed by atoms with Crippen LogP contribution in [-0.2, 0) is 21.1 Å². The molecule has 2 aromatic rings. The zero-order chi connectivity index (χ0) is 15.8. The molecule has 1 atom stereocenters. The van der Waals surface area contributed by atoms with Crippen molar-refractivity contribution >= 4 is 11.9 Å². The number of carbonyl (C=O) groups excluding carboxylic acids is 2.